The molecule has 0 heterocycles. The predicted octanol–water partition coefficient (Wildman–Crippen LogP) is 3.64. The molecule has 0 aromatic heterocycles. The Balaban J connectivity index is 2.93. The van der Waals surface area contributed by atoms with Gasteiger partial charge in [-0.3, -0.25) is 0 Å². The molecule has 0 aliphatic carbocycles. The van der Waals surface area contributed by atoms with Gasteiger partial charge in [-0.25, -0.2) is 4.79 Å². The SMILES string of the molecule is CCC(CC)Nc1cc(C(=O)O)ccc1Cl. The summed E-state index contributed by atoms with van der Waals surface area (Å²) in [5.74, 6) is -0.940. The molecule has 0 unspecified atom stereocenters. The van der Waals surface area contributed by atoms with Gasteiger partial charge < -0.3 is 10.4 Å². The smallest absolute Gasteiger partial charge is 0.335 e. The van der Waals surface area contributed by atoms with E-state index in [1.165, 1.54) is 6.07 Å². The van der Waals surface area contributed by atoms with E-state index in [0.717, 1.165) is 12.8 Å². The fourth-order valence-corrected chi connectivity index (χ4v) is 1.65. The zero-order valence-electron chi connectivity index (χ0n) is 9.46. The summed E-state index contributed by atoms with van der Waals surface area (Å²) in [4.78, 5) is 10.8. The molecule has 3 nitrogen and oxygen atoms in total. The molecule has 16 heavy (non-hydrogen) atoms. The fourth-order valence-electron chi connectivity index (χ4n) is 1.48. The number of carboxylic acids is 1. The molecule has 4 heteroatoms. The Hall–Kier alpha value is -1.22. The predicted molar refractivity (Wildman–Crippen MR) is 66.4 cm³/mol. The lowest BCUT2D eigenvalue weighted by Crippen LogP contribution is -2.17. The van der Waals surface area contributed by atoms with Crippen molar-refractivity contribution in [1.82, 2.24) is 0 Å². The van der Waals surface area contributed by atoms with Crippen LogP contribution in [0, 0.1) is 0 Å². The van der Waals surface area contributed by atoms with Crippen molar-refractivity contribution in [2.45, 2.75) is 32.7 Å². The quantitative estimate of drug-likeness (QED) is 0.828. The number of aromatic carboxylic acids is 1. The van der Waals surface area contributed by atoms with Gasteiger partial charge in [-0.15, -0.1) is 0 Å². The van der Waals surface area contributed by atoms with Crippen LogP contribution < -0.4 is 5.32 Å². The van der Waals surface area contributed by atoms with E-state index in [4.69, 9.17) is 16.7 Å². The van der Waals surface area contributed by atoms with Gasteiger partial charge in [-0.05, 0) is 31.0 Å². The molecule has 0 bridgehead atoms. The van der Waals surface area contributed by atoms with Crippen LogP contribution in [0.25, 0.3) is 0 Å². The Morgan fingerprint density at radius 3 is 2.56 bits per heavy atom. The first-order valence-corrected chi connectivity index (χ1v) is 5.75. The van der Waals surface area contributed by atoms with E-state index in [-0.39, 0.29) is 5.56 Å². The van der Waals surface area contributed by atoms with Crippen LogP contribution in [-0.4, -0.2) is 17.1 Å². The lowest BCUT2D eigenvalue weighted by molar-refractivity contribution is 0.0697. The van der Waals surface area contributed by atoms with E-state index in [1.54, 1.807) is 12.1 Å². The number of carboxylic acid groups (broad SMARTS) is 1. The summed E-state index contributed by atoms with van der Waals surface area (Å²) in [7, 11) is 0. The summed E-state index contributed by atoms with van der Waals surface area (Å²) in [6, 6.07) is 5.00. The Morgan fingerprint density at radius 2 is 2.06 bits per heavy atom. The second kappa shape index (κ2) is 5.75. The van der Waals surface area contributed by atoms with Crippen molar-refractivity contribution in [1.29, 1.82) is 0 Å². The van der Waals surface area contributed by atoms with Gasteiger partial charge >= 0.3 is 5.97 Å². The Kier molecular flexibility index (Phi) is 4.62. The highest BCUT2D eigenvalue weighted by Crippen LogP contribution is 2.24. The van der Waals surface area contributed by atoms with Gasteiger partial charge in [-0.1, -0.05) is 25.4 Å². The Labute approximate surface area is 100 Å². The zero-order chi connectivity index (χ0) is 12.1. The molecule has 0 radical (unpaired) electrons. The standard InChI is InChI=1S/C12H16ClNO2/c1-3-9(4-2)14-11-7-8(12(15)16)5-6-10(11)13/h5-7,9,14H,3-4H2,1-2H3,(H,15,16). The van der Waals surface area contributed by atoms with E-state index < -0.39 is 5.97 Å². The normalized spacial score (nSPS) is 10.5. The first kappa shape index (κ1) is 12.8. The van der Waals surface area contributed by atoms with Gasteiger partial charge in [0.25, 0.3) is 0 Å². The highest BCUT2D eigenvalue weighted by Gasteiger charge is 2.09. The summed E-state index contributed by atoms with van der Waals surface area (Å²) in [6.07, 6.45) is 1.95. The number of benzene rings is 1. The number of carbonyl (C=O) groups is 1. The van der Waals surface area contributed by atoms with Crippen molar-refractivity contribution in [2.75, 3.05) is 5.32 Å². The topological polar surface area (TPSA) is 49.3 Å². The molecule has 0 saturated heterocycles. The summed E-state index contributed by atoms with van der Waals surface area (Å²) >= 11 is 6.00. The molecule has 0 atom stereocenters. The van der Waals surface area contributed by atoms with Crippen LogP contribution in [-0.2, 0) is 0 Å². The largest absolute Gasteiger partial charge is 0.478 e. The molecule has 0 aliphatic heterocycles. The number of hydrogen-bond donors (Lipinski definition) is 2. The van der Waals surface area contributed by atoms with Crippen LogP contribution in [0.4, 0.5) is 5.69 Å². The Bertz CT molecular complexity index is 375. The minimum absolute atomic E-state index is 0.248. The molecule has 1 aromatic rings. The summed E-state index contributed by atoms with van der Waals surface area (Å²) in [6.45, 7) is 4.16. The lowest BCUT2D eigenvalue weighted by atomic mass is 10.1. The molecule has 88 valence electrons. The highest BCUT2D eigenvalue weighted by molar-refractivity contribution is 6.33. The molecule has 0 saturated carbocycles. The van der Waals surface area contributed by atoms with Crippen LogP contribution >= 0.6 is 11.6 Å². The number of hydrogen-bond acceptors (Lipinski definition) is 2. The maximum atomic E-state index is 10.8. The molecular weight excluding hydrogens is 226 g/mol. The average molecular weight is 242 g/mol. The first-order chi connectivity index (χ1) is 7.58. The minimum atomic E-state index is -0.940. The molecule has 0 aliphatic rings. The third kappa shape index (κ3) is 3.14. The highest BCUT2D eigenvalue weighted by atomic mass is 35.5. The maximum Gasteiger partial charge on any atom is 0.335 e. The van der Waals surface area contributed by atoms with Gasteiger partial charge in [0.15, 0.2) is 0 Å². The van der Waals surface area contributed by atoms with Crippen LogP contribution in [0.5, 0.6) is 0 Å². The third-order valence-corrected chi connectivity index (χ3v) is 2.89. The van der Waals surface area contributed by atoms with E-state index in [2.05, 4.69) is 19.2 Å². The minimum Gasteiger partial charge on any atom is -0.478 e. The van der Waals surface area contributed by atoms with Crippen LogP contribution in [0.1, 0.15) is 37.0 Å². The van der Waals surface area contributed by atoms with Gasteiger partial charge in [0, 0.05) is 6.04 Å². The summed E-state index contributed by atoms with van der Waals surface area (Å²) in [5.41, 5.74) is 0.938. The lowest BCUT2D eigenvalue weighted by Gasteiger charge is -2.17. The van der Waals surface area contributed by atoms with Gasteiger partial charge in [-0.2, -0.15) is 0 Å². The first-order valence-electron chi connectivity index (χ1n) is 5.37. The van der Waals surface area contributed by atoms with Crippen molar-refractivity contribution >= 4 is 23.3 Å². The van der Waals surface area contributed by atoms with Crippen molar-refractivity contribution in [3.8, 4) is 0 Å². The number of anilines is 1. The van der Waals surface area contributed by atoms with E-state index in [1.807, 2.05) is 0 Å². The van der Waals surface area contributed by atoms with Crippen LogP contribution in [0.3, 0.4) is 0 Å². The van der Waals surface area contributed by atoms with Gasteiger partial charge in [0.2, 0.25) is 0 Å². The van der Waals surface area contributed by atoms with Crippen LogP contribution in [0.15, 0.2) is 18.2 Å². The van der Waals surface area contributed by atoms with E-state index >= 15 is 0 Å². The molecule has 0 amide bonds. The molecule has 0 spiro atoms. The number of rotatable bonds is 5. The number of halogens is 1. The second-order valence-corrected chi connectivity index (χ2v) is 4.06. The molecular formula is C12H16ClNO2. The average Bonchev–Trinajstić information content (AvgIpc) is 2.27. The molecule has 2 N–H and O–H groups in total. The third-order valence-electron chi connectivity index (χ3n) is 2.56. The van der Waals surface area contributed by atoms with Gasteiger partial charge in [0.1, 0.15) is 0 Å². The van der Waals surface area contributed by atoms with Gasteiger partial charge in [0.05, 0.1) is 16.3 Å². The summed E-state index contributed by atoms with van der Waals surface area (Å²) < 4.78 is 0. The molecule has 0 fully saturated rings. The zero-order valence-corrected chi connectivity index (χ0v) is 10.2. The van der Waals surface area contributed by atoms with E-state index in [9.17, 15) is 4.79 Å². The number of nitrogens with one attached hydrogen (secondary N) is 1. The molecule has 1 aromatic carbocycles. The van der Waals surface area contributed by atoms with Crippen molar-refractivity contribution in [2.24, 2.45) is 0 Å². The maximum absolute atomic E-state index is 10.8. The monoisotopic (exact) mass is 241 g/mol. The van der Waals surface area contributed by atoms with E-state index in [0.29, 0.717) is 16.8 Å². The molecule has 1 rings (SSSR count). The fraction of sp³-hybridized carbons (Fsp3) is 0.417. The van der Waals surface area contributed by atoms with Crippen molar-refractivity contribution in [3.05, 3.63) is 28.8 Å². The second-order valence-electron chi connectivity index (χ2n) is 3.66. The van der Waals surface area contributed by atoms with Crippen molar-refractivity contribution in [3.63, 3.8) is 0 Å². The van der Waals surface area contributed by atoms with Crippen LogP contribution in [0.2, 0.25) is 5.02 Å². The Morgan fingerprint density at radius 1 is 1.44 bits per heavy atom. The summed E-state index contributed by atoms with van der Waals surface area (Å²) in [5, 5.41) is 12.7. The van der Waals surface area contributed by atoms with Crippen molar-refractivity contribution < 1.29 is 9.90 Å².